The van der Waals surface area contributed by atoms with E-state index in [-0.39, 0.29) is 5.05 Å². The van der Waals surface area contributed by atoms with Crippen molar-refractivity contribution < 1.29 is 5.11 Å². The summed E-state index contributed by atoms with van der Waals surface area (Å²) in [6.07, 6.45) is 0.643. The van der Waals surface area contributed by atoms with Crippen LogP contribution in [0.4, 0.5) is 0 Å². The molecule has 5 heteroatoms. The van der Waals surface area contributed by atoms with Gasteiger partial charge in [-0.1, -0.05) is 39.3 Å². The number of rotatable bonds is 5. The van der Waals surface area contributed by atoms with Crippen molar-refractivity contribution >= 4 is 33.7 Å². The van der Waals surface area contributed by atoms with Crippen LogP contribution in [0.2, 0.25) is 39.3 Å². The van der Waals surface area contributed by atoms with E-state index in [0.29, 0.717) is 6.42 Å². The highest BCUT2D eigenvalue weighted by atomic mass is 32.1. The van der Waals surface area contributed by atoms with Crippen LogP contribution in [0.1, 0.15) is 6.42 Å². The number of hydrogen-bond donors (Lipinski definition) is 1. The summed E-state index contributed by atoms with van der Waals surface area (Å²) in [5, 5.41) is 9.21. The van der Waals surface area contributed by atoms with E-state index in [0.717, 1.165) is 6.54 Å². The lowest BCUT2D eigenvalue weighted by atomic mass is 10.5. The molecule has 0 spiro atoms. The molecule has 0 fully saturated rings. The molecule has 1 N–H and O–H groups in total. The monoisotopic (exact) mass is 249 g/mol. The van der Waals surface area contributed by atoms with Crippen LogP contribution in [0, 0.1) is 0 Å². The molecule has 0 heterocycles. The Labute approximate surface area is 95.5 Å². The van der Waals surface area contributed by atoms with Gasteiger partial charge in [-0.05, 0) is 18.8 Å². The van der Waals surface area contributed by atoms with Gasteiger partial charge in [0.1, 0.15) is 16.5 Å². The molecule has 2 nitrogen and oxygen atoms in total. The molecule has 0 aliphatic heterocycles. The topological polar surface area (TPSA) is 23.5 Å². The van der Waals surface area contributed by atoms with E-state index in [1.807, 2.05) is 0 Å². The molecule has 0 aromatic carbocycles. The molecule has 0 atom stereocenters. The van der Waals surface area contributed by atoms with Crippen molar-refractivity contribution in [3.8, 4) is 0 Å². The lowest BCUT2D eigenvalue weighted by Crippen LogP contribution is -2.59. The van der Waals surface area contributed by atoms with Crippen molar-refractivity contribution in [2.45, 2.75) is 45.7 Å². The van der Waals surface area contributed by atoms with Gasteiger partial charge in [0.05, 0.1) is 0 Å². The molecule has 0 aliphatic carbocycles. The predicted octanol–water partition coefficient (Wildman–Crippen LogP) is 3.23. The van der Waals surface area contributed by atoms with Crippen LogP contribution in [-0.2, 0) is 0 Å². The Morgan fingerprint density at radius 3 is 1.64 bits per heavy atom. The Hall–Kier alpha value is 0.284. The maximum Gasteiger partial charge on any atom is 0.157 e. The van der Waals surface area contributed by atoms with Crippen molar-refractivity contribution in [1.29, 1.82) is 0 Å². The van der Waals surface area contributed by atoms with Crippen LogP contribution >= 0.6 is 12.2 Å². The van der Waals surface area contributed by atoms with Crippen LogP contribution in [0.3, 0.4) is 0 Å². The van der Waals surface area contributed by atoms with Crippen LogP contribution in [0.5, 0.6) is 0 Å². The van der Waals surface area contributed by atoms with Crippen molar-refractivity contribution in [2.24, 2.45) is 0 Å². The summed E-state index contributed by atoms with van der Waals surface area (Å²) in [6, 6.07) is 0. The fraction of sp³-hybridized carbons (Fsp3) is 0.889. The third kappa shape index (κ3) is 5.24. The van der Waals surface area contributed by atoms with E-state index < -0.39 is 16.5 Å². The fourth-order valence-corrected chi connectivity index (χ4v) is 11.6. The van der Waals surface area contributed by atoms with E-state index in [1.54, 1.807) is 0 Å². The minimum Gasteiger partial charge on any atom is -0.502 e. The summed E-state index contributed by atoms with van der Waals surface area (Å²) < 4.78 is 2.63. The summed E-state index contributed by atoms with van der Waals surface area (Å²) in [5.74, 6) is 0. The zero-order valence-corrected chi connectivity index (χ0v) is 13.0. The first-order valence-electron chi connectivity index (χ1n) is 5.04. The lowest BCUT2D eigenvalue weighted by Gasteiger charge is -2.43. The molecule has 14 heavy (non-hydrogen) atoms. The van der Waals surface area contributed by atoms with Gasteiger partial charge in [0.15, 0.2) is 5.05 Å². The Morgan fingerprint density at radius 1 is 1.07 bits per heavy atom. The molecule has 0 aromatic heterocycles. The van der Waals surface area contributed by atoms with Gasteiger partial charge >= 0.3 is 0 Å². The quantitative estimate of drug-likeness (QED) is 0.598. The maximum atomic E-state index is 9.07. The fourth-order valence-electron chi connectivity index (χ4n) is 1.88. The van der Waals surface area contributed by atoms with Crippen molar-refractivity contribution in [3.63, 3.8) is 0 Å². The Morgan fingerprint density at radius 2 is 1.43 bits per heavy atom. The number of aliphatic hydroxyl groups is 1. The van der Waals surface area contributed by atoms with E-state index in [2.05, 4.69) is 43.5 Å². The standard InChI is InChI=1S/C9H23NOSSi2/c1-13(2,3)10(14(4,5)6)8-7-9(11)12/h7-8H2,1-6H3,(H,11,12). The Balaban J connectivity index is 4.51. The van der Waals surface area contributed by atoms with Gasteiger partial charge in [-0.3, -0.25) is 0 Å². The molecule has 0 amide bonds. The summed E-state index contributed by atoms with van der Waals surface area (Å²) in [5.41, 5.74) is 0. The molecule has 0 saturated carbocycles. The van der Waals surface area contributed by atoms with Gasteiger partial charge in [-0.25, -0.2) is 0 Å². The lowest BCUT2D eigenvalue weighted by molar-refractivity contribution is 0.526. The molecule has 0 bridgehead atoms. The molecule has 84 valence electrons. The smallest absolute Gasteiger partial charge is 0.157 e. The van der Waals surface area contributed by atoms with Gasteiger partial charge in [-0.2, -0.15) is 0 Å². The van der Waals surface area contributed by atoms with Crippen LogP contribution in [0.15, 0.2) is 0 Å². The maximum absolute atomic E-state index is 9.07. The minimum atomic E-state index is -1.26. The van der Waals surface area contributed by atoms with Crippen molar-refractivity contribution in [1.82, 2.24) is 4.23 Å². The van der Waals surface area contributed by atoms with E-state index >= 15 is 0 Å². The third-order valence-corrected chi connectivity index (χ3v) is 10.1. The SMILES string of the molecule is C[Si](C)(C)N(CCC(O)=S)[Si](C)(C)C. The second-order valence-electron chi connectivity index (χ2n) is 5.64. The highest BCUT2D eigenvalue weighted by molar-refractivity contribution is 7.80. The molecule has 0 rings (SSSR count). The number of thiocarbonyl (C=S) groups is 1. The second-order valence-corrected chi connectivity index (χ2v) is 16.3. The van der Waals surface area contributed by atoms with E-state index in [9.17, 15) is 0 Å². The average molecular weight is 250 g/mol. The Bertz CT molecular complexity index is 194. The first-order valence-corrected chi connectivity index (χ1v) is 12.3. The number of aliphatic hydroxyl groups excluding tert-OH is 1. The average Bonchev–Trinajstić information content (AvgIpc) is 1.78. The molecular weight excluding hydrogens is 226 g/mol. The second kappa shape index (κ2) is 4.87. The number of hydrogen-bond acceptors (Lipinski definition) is 2. The summed E-state index contributed by atoms with van der Waals surface area (Å²) >= 11 is 4.72. The predicted molar refractivity (Wildman–Crippen MR) is 73.2 cm³/mol. The van der Waals surface area contributed by atoms with E-state index in [4.69, 9.17) is 17.3 Å². The summed E-state index contributed by atoms with van der Waals surface area (Å²) in [6.45, 7) is 15.0. The van der Waals surface area contributed by atoms with Gasteiger partial charge in [0.2, 0.25) is 0 Å². The van der Waals surface area contributed by atoms with E-state index in [1.165, 1.54) is 0 Å². The summed E-state index contributed by atoms with van der Waals surface area (Å²) in [4.78, 5) is 0. The Kier molecular flexibility index (Phi) is 4.97. The van der Waals surface area contributed by atoms with Gasteiger partial charge < -0.3 is 9.34 Å². The van der Waals surface area contributed by atoms with Gasteiger partial charge in [-0.15, -0.1) is 0 Å². The molecule has 0 radical (unpaired) electrons. The van der Waals surface area contributed by atoms with Crippen LogP contribution in [-0.4, -0.2) is 37.4 Å². The summed E-state index contributed by atoms with van der Waals surface area (Å²) in [7, 11) is -2.53. The van der Waals surface area contributed by atoms with Gasteiger partial charge in [0.25, 0.3) is 0 Å². The zero-order chi connectivity index (χ0) is 11.6. The van der Waals surface area contributed by atoms with Gasteiger partial charge in [0, 0.05) is 6.42 Å². The molecule has 0 aliphatic rings. The van der Waals surface area contributed by atoms with Crippen LogP contribution < -0.4 is 0 Å². The van der Waals surface area contributed by atoms with Crippen LogP contribution in [0.25, 0.3) is 0 Å². The first-order chi connectivity index (χ1) is 6.05. The minimum absolute atomic E-state index is 0.145. The van der Waals surface area contributed by atoms with Crippen molar-refractivity contribution in [3.05, 3.63) is 0 Å². The number of nitrogens with zero attached hydrogens (tertiary/aromatic N) is 1. The highest BCUT2D eigenvalue weighted by Gasteiger charge is 2.33. The molecule has 0 saturated heterocycles. The molecule has 0 unspecified atom stereocenters. The normalized spacial score (nSPS) is 13.4. The largest absolute Gasteiger partial charge is 0.502 e. The zero-order valence-electron chi connectivity index (χ0n) is 10.2. The van der Waals surface area contributed by atoms with Crippen molar-refractivity contribution in [2.75, 3.05) is 6.54 Å². The highest BCUT2D eigenvalue weighted by Crippen LogP contribution is 2.19. The molecular formula is C9H23NOSSi2. The molecule has 0 aromatic rings. The first kappa shape index (κ1) is 14.3. The third-order valence-electron chi connectivity index (χ3n) is 2.17.